The Morgan fingerprint density at radius 1 is 1.27 bits per heavy atom. The number of phenols is 1. The third-order valence-corrected chi connectivity index (χ3v) is 4.93. The molecule has 1 aromatic carbocycles. The Balaban J connectivity index is 1.81. The van der Waals surface area contributed by atoms with Gasteiger partial charge in [0, 0.05) is 25.2 Å². The third kappa shape index (κ3) is 3.28. The minimum atomic E-state index is 0.364. The molecular weight excluding hydrogens is 298 g/mol. The van der Waals surface area contributed by atoms with Crippen molar-refractivity contribution in [3.05, 3.63) is 47.0 Å². The molecular formula is C17H22ClN3O. The molecule has 0 bridgehead atoms. The molecule has 3 rings (SSSR count). The van der Waals surface area contributed by atoms with Crippen LogP contribution >= 0.6 is 11.6 Å². The zero-order valence-corrected chi connectivity index (χ0v) is 13.6. The van der Waals surface area contributed by atoms with Crippen LogP contribution in [0.1, 0.15) is 37.1 Å². The van der Waals surface area contributed by atoms with Crippen LogP contribution in [0.25, 0.3) is 0 Å². The highest BCUT2D eigenvalue weighted by Gasteiger charge is 2.24. The van der Waals surface area contributed by atoms with Gasteiger partial charge in [0.05, 0.1) is 12.7 Å². The molecule has 1 heterocycles. The minimum Gasteiger partial charge on any atom is -0.508 e. The van der Waals surface area contributed by atoms with Gasteiger partial charge in [0.2, 0.25) is 0 Å². The van der Waals surface area contributed by atoms with Gasteiger partial charge in [0.1, 0.15) is 16.7 Å². The number of para-hydroxylation sites is 1. The zero-order valence-electron chi connectivity index (χ0n) is 12.9. The van der Waals surface area contributed by atoms with E-state index in [0.29, 0.717) is 16.9 Å². The second-order valence-electron chi connectivity index (χ2n) is 6.03. The maximum atomic E-state index is 10.1. The number of aromatic hydroxyl groups is 1. The number of nitrogens with zero attached hydrogens (tertiary/aromatic N) is 3. The highest BCUT2D eigenvalue weighted by atomic mass is 35.5. The molecule has 1 aliphatic carbocycles. The summed E-state index contributed by atoms with van der Waals surface area (Å²) in [5.74, 6) is 1.33. The first kappa shape index (κ1) is 15.4. The molecule has 0 aliphatic heterocycles. The van der Waals surface area contributed by atoms with E-state index in [1.54, 1.807) is 12.3 Å². The molecule has 0 amide bonds. The molecule has 1 fully saturated rings. The van der Waals surface area contributed by atoms with Crippen LogP contribution in [0, 0.1) is 0 Å². The number of benzene rings is 1. The predicted octanol–water partition coefficient (Wildman–Crippen LogP) is 3.72. The molecule has 1 N–H and O–H groups in total. The van der Waals surface area contributed by atoms with Crippen molar-refractivity contribution >= 4 is 11.6 Å². The first-order chi connectivity index (χ1) is 10.6. The van der Waals surface area contributed by atoms with Crippen molar-refractivity contribution in [3.63, 3.8) is 0 Å². The Bertz CT molecular complexity index is 635. The lowest BCUT2D eigenvalue weighted by Crippen LogP contribution is -2.33. The van der Waals surface area contributed by atoms with Gasteiger partial charge < -0.3 is 9.67 Å². The molecule has 0 saturated heterocycles. The Labute approximate surface area is 136 Å². The van der Waals surface area contributed by atoms with Gasteiger partial charge in [-0.1, -0.05) is 42.6 Å². The van der Waals surface area contributed by atoms with Crippen LogP contribution in [0.3, 0.4) is 0 Å². The molecule has 0 radical (unpaired) electrons. The summed E-state index contributed by atoms with van der Waals surface area (Å²) in [5, 5.41) is 10.7. The van der Waals surface area contributed by atoms with Gasteiger partial charge in [0.15, 0.2) is 0 Å². The summed E-state index contributed by atoms with van der Waals surface area (Å²) in [6.45, 7) is 1.49. The zero-order chi connectivity index (χ0) is 15.5. The van der Waals surface area contributed by atoms with Crippen molar-refractivity contribution < 1.29 is 5.11 Å². The summed E-state index contributed by atoms with van der Waals surface area (Å²) in [6.07, 6.45) is 6.69. The van der Waals surface area contributed by atoms with Crippen LogP contribution in [0.5, 0.6) is 5.75 Å². The molecule has 0 spiro atoms. The van der Waals surface area contributed by atoms with Crippen molar-refractivity contribution in [1.29, 1.82) is 0 Å². The van der Waals surface area contributed by atoms with E-state index in [2.05, 4.69) is 9.88 Å². The molecule has 2 aromatic rings. The Kier molecular flexibility index (Phi) is 4.69. The Morgan fingerprint density at radius 2 is 2.00 bits per heavy atom. The quantitative estimate of drug-likeness (QED) is 0.913. The number of halogens is 1. The van der Waals surface area contributed by atoms with Crippen molar-refractivity contribution in [3.8, 4) is 5.75 Å². The predicted molar refractivity (Wildman–Crippen MR) is 87.8 cm³/mol. The fraction of sp³-hybridized carbons (Fsp3) is 0.471. The van der Waals surface area contributed by atoms with Crippen molar-refractivity contribution in [2.24, 2.45) is 7.05 Å². The smallest absolute Gasteiger partial charge is 0.128 e. The van der Waals surface area contributed by atoms with Gasteiger partial charge in [-0.15, -0.1) is 0 Å². The van der Waals surface area contributed by atoms with E-state index >= 15 is 0 Å². The van der Waals surface area contributed by atoms with E-state index < -0.39 is 0 Å². The van der Waals surface area contributed by atoms with Crippen molar-refractivity contribution in [2.45, 2.75) is 44.8 Å². The first-order valence-electron chi connectivity index (χ1n) is 7.82. The minimum absolute atomic E-state index is 0.364. The first-order valence-corrected chi connectivity index (χ1v) is 8.20. The van der Waals surface area contributed by atoms with E-state index in [0.717, 1.165) is 24.5 Å². The van der Waals surface area contributed by atoms with Gasteiger partial charge in [-0.05, 0) is 18.9 Å². The number of hydrogen-bond acceptors (Lipinski definition) is 3. The van der Waals surface area contributed by atoms with E-state index in [1.807, 2.05) is 29.8 Å². The van der Waals surface area contributed by atoms with E-state index in [9.17, 15) is 5.11 Å². The summed E-state index contributed by atoms with van der Waals surface area (Å²) in [7, 11) is 1.94. The molecule has 22 heavy (non-hydrogen) atoms. The lowest BCUT2D eigenvalue weighted by Gasteiger charge is -2.28. The number of phenolic OH excluding ortho intramolecular Hbond substituents is 1. The van der Waals surface area contributed by atoms with Crippen LogP contribution in [0.15, 0.2) is 30.5 Å². The lowest BCUT2D eigenvalue weighted by atomic mass is 10.1. The number of aromatic nitrogens is 2. The number of hydrogen-bond donors (Lipinski definition) is 1. The highest BCUT2D eigenvalue weighted by molar-refractivity contribution is 6.29. The van der Waals surface area contributed by atoms with E-state index in [1.165, 1.54) is 25.7 Å². The van der Waals surface area contributed by atoms with Crippen LogP contribution in [0.2, 0.25) is 5.15 Å². The Morgan fingerprint density at radius 3 is 2.64 bits per heavy atom. The summed E-state index contributed by atoms with van der Waals surface area (Å²) >= 11 is 6.10. The summed E-state index contributed by atoms with van der Waals surface area (Å²) in [5.41, 5.74) is 0.967. The average Bonchev–Trinajstić information content (AvgIpc) is 3.14. The molecule has 0 unspecified atom stereocenters. The molecule has 118 valence electrons. The summed E-state index contributed by atoms with van der Waals surface area (Å²) in [6, 6.07) is 8.12. The average molecular weight is 320 g/mol. The Hall–Kier alpha value is -1.52. The third-order valence-electron chi connectivity index (χ3n) is 4.58. The normalized spacial score (nSPS) is 15.8. The molecule has 4 nitrogen and oxygen atoms in total. The van der Waals surface area contributed by atoms with Crippen LogP contribution < -0.4 is 0 Å². The van der Waals surface area contributed by atoms with Gasteiger partial charge >= 0.3 is 0 Å². The van der Waals surface area contributed by atoms with Gasteiger partial charge in [-0.2, -0.15) is 0 Å². The van der Waals surface area contributed by atoms with Gasteiger partial charge in [-0.25, -0.2) is 4.98 Å². The fourth-order valence-corrected chi connectivity index (χ4v) is 3.35. The second-order valence-corrected chi connectivity index (χ2v) is 6.42. The maximum Gasteiger partial charge on any atom is 0.128 e. The second kappa shape index (κ2) is 6.71. The van der Waals surface area contributed by atoms with E-state index in [4.69, 9.17) is 11.6 Å². The summed E-state index contributed by atoms with van der Waals surface area (Å²) in [4.78, 5) is 6.83. The molecule has 5 heteroatoms. The standard InChI is InChI=1S/C17H22ClN3O/c1-20-16(18)10-19-17(20)12-21(14-7-3-4-8-14)11-13-6-2-5-9-15(13)22/h2,5-6,9-10,14,22H,3-4,7-8,11-12H2,1H3. The van der Waals surface area contributed by atoms with Crippen LogP contribution in [-0.2, 0) is 20.1 Å². The maximum absolute atomic E-state index is 10.1. The number of imidazole rings is 1. The number of rotatable bonds is 5. The monoisotopic (exact) mass is 319 g/mol. The fourth-order valence-electron chi connectivity index (χ4n) is 3.20. The van der Waals surface area contributed by atoms with E-state index in [-0.39, 0.29) is 0 Å². The van der Waals surface area contributed by atoms with Crippen molar-refractivity contribution in [1.82, 2.24) is 14.5 Å². The molecule has 1 saturated carbocycles. The van der Waals surface area contributed by atoms with Crippen LogP contribution in [0.4, 0.5) is 0 Å². The highest BCUT2D eigenvalue weighted by Crippen LogP contribution is 2.28. The SMILES string of the molecule is Cn1c(Cl)cnc1CN(Cc1ccccc1O)C1CCCC1. The molecule has 1 aromatic heterocycles. The van der Waals surface area contributed by atoms with Crippen molar-refractivity contribution in [2.75, 3.05) is 0 Å². The van der Waals surface area contributed by atoms with Crippen LogP contribution in [-0.4, -0.2) is 25.6 Å². The lowest BCUT2D eigenvalue weighted by molar-refractivity contribution is 0.172. The molecule has 0 atom stereocenters. The van der Waals surface area contributed by atoms with Gasteiger partial charge in [0.25, 0.3) is 0 Å². The van der Waals surface area contributed by atoms with Gasteiger partial charge in [-0.3, -0.25) is 4.90 Å². The topological polar surface area (TPSA) is 41.3 Å². The molecule has 1 aliphatic rings. The largest absolute Gasteiger partial charge is 0.508 e. The summed E-state index contributed by atoms with van der Waals surface area (Å²) < 4.78 is 1.92.